The van der Waals surface area contributed by atoms with Crippen molar-refractivity contribution in [3.8, 4) is 11.4 Å². The van der Waals surface area contributed by atoms with Crippen molar-refractivity contribution in [3.63, 3.8) is 0 Å². The first kappa shape index (κ1) is 16.3. The summed E-state index contributed by atoms with van der Waals surface area (Å²) >= 11 is 0. The van der Waals surface area contributed by atoms with Crippen molar-refractivity contribution in [3.05, 3.63) is 42.2 Å². The Hall–Kier alpha value is -2.18. The third-order valence-corrected chi connectivity index (χ3v) is 5.18. The van der Waals surface area contributed by atoms with Crippen LogP contribution in [0.3, 0.4) is 0 Å². The van der Waals surface area contributed by atoms with Crippen LogP contribution >= 0.6 is 0 Å². The van der Waals surface area contributed by atoms with Gasteiger partial charge in [0.1, 0.15) is 5.82 Å². The molecular formula is C19H24N4O2. The molecule has 2 saturated heterocycles. The monoisotopic (exact) mass is 340 g/mol. The average molecular weight is 340 g/mol. The molecule has 1 amide bonds. The van der Waals surface area contributed by atoms with Gasteiger partial charge in [0.15, 0.2) is 0 Å². The number of carbonyl (C=O) groups excluding carboxylic acids is 1. The molecule has 1 N–H and O–H groups in total. The van der Waals surface area contributed by atoms with Crippen LogP contribution in [0.25, 0.3) is 11.4 Å². The van der Waals surface area contributed by atoms with Gasteiger partial charge in [-0.25, -0.2) is 4.98 Å². The Labute approximate surface area is 147 Å². The van der Waals surface area contributed by atoms with E-state index < -0.39 is 0 Å². The van der Waals surface area contributed by atoms with E-state index in [0.29, 0.717) is 24.8 Å². The van der Waals surface area contributed by atoms with Crippen LogP contribution in [0.2, 0.25) is 0 Å². The smallest absolute Gasteiger partial charge is 0.251 e. The number of aromatic nitrogens is 2. The molecule has 2 fully saturated rings. The number of imidazole rings is 1. The van der Waals surface area contributed by atoms with Crippen molar-refractivity contribution in [1.82, 2.24) is 19.8 Å². The van der Waals surface area contributed by atoms with Crippen molar-refractivity contribution < 1.29 is 9.53 Å². The maximum absolute atomic E-state index is 12.8. The number of nitrogens with one attached hydrogen (secondary N) is 1. The van der Waals surface area contributed by atoms with Gasteiger partial charge in [0.2, 0.25) is 0 Å². The largest absolute Gasteiger partial charge is 0.378 e. The molecule has 3 heterocycles. The van der Waals surface area contributed by atoms with Crippen LogP contribution in [-0.4, -0.2) is 58.7 Å². The lowest BCUT2D eigenvalue weighted by Crippen LogP contribution is -2.50. The van der Waals surface area contributed by atoms with Gasteiger partial charge in [-0.3, -0.25) is 9.69 Å². The fourth-order valence-corrected chi connectivity index (χ4v) is 3.81. The van der Waals surface area contributed by atoms with Crippen LogP contribution < -0.4 is 5.32 Å². The first-order valence-corrected chi connectivity index (χ1v) is 8.93. The zero-order valence-corrected chi connectivity index (χ0v) is 14.5. The van der Waals surface area contributed by atoms with E-state index in [1.807, 2.05) is 42.1 Å². The van der Waals surface area contributed by atoms with Crippen molar-refractivity contribution in [2.24, 2.45) is 7.05 Å². The fourth-order valence-electron chi connectivity index (χ4n) is 3.81. The SMILES string of the molecule is Cn1ccnc1-c1cccc(C(=O)NC2COCC2N2CCCC2)c1. The summed E-state index contributed by atoms with van der Waals surface area (Å²) < 4.78 is 7.60. The number of hydrogen-bond donors (Lipinski definition) is 1. The summed E-state index contributed by atoms with van der Waals surface area (Å²) in [6, 6.07) is 7.99. The molecule has 2 aliphatic rings. The van der Waals surface area contributed by atoms with Gasteiger partial charge >= 0.3 is 0 Å². The molecule has 0 aliphatic carbocycles. The molecule has 1 aromatic carbocycles. The zero-order chi connectivity index (χ0) is 17.2. The Morgan fingerprint density at radius 1 is 1.28 bits per heavy atom. The van der Waals surface area contributed by atoms with E-state index in [9.17, 15) is 4.79 Å². The Kier molecular flexibility index (Phi) is 4.55. The number of carbonyl (C=O) groups is 1. The maximum Gasteiger partial charge on any atom is 0.251 e. The van der Waals surface area contributed by atoms with Gasteiger partial charge in [-0.05, 0) is 38.1 Å². The van der Waals surface area contributed by atoms with Gasteiger partial charge in [-0.2, -0.15) is 0 Å². The molecule has 25 heavy (non-hydrogen) atoms. The van der Waals surface area contributed by atoms with Crippen LogP contribution in [0.4, 0.5) is 0 Å². The fraction of sp³-hybridized carbons (Fsp3) is 0.474. The molecule has 1 aromatic heterocycles. The van der Waals surface area contributed by atoms with Gasteiger partial charge in [-0.15, -0.1) is 0 Å². The molecule has 2 aliphatic heterocycles. The van der Waals surface area contributed by atoms with Gasteiger partial charge in [0.25, 0.3) is 5.91 Å². The van der Waals surface area contributed by atoms with E-state index in [0.717, 1.165) is 24.5 Å². The molecule has 0 spiro atoms. The Morgan fingerprint density at radius 2 is 2.12 bits per heavy atom. The Morgan fingerprint density at radius 3 is 2.88 bits per heavy atom. The number of rotatable bonds is 4. The van der Waals surface area contributed by atoms with Crippen LogP contribution in [0.15, 0.2) is 36.7 Å². The first-order chi connectivity index (χ1) is 12.2. The summed E-state index contributed by atoms with van der Waals surface area (Å²) in [5.41, 5.74) is 1.60. The predicted octanol–water partition coefficient (Wildman–Crippen LogP) is 1.68. The van der Waals surface area contributed by atoms with Crippen LogP contribution in [0, 0.1) is 0 Å². The summed E-state index contributed by atoms with van der Waals surface area (Å²) in [6.07, 6.45) is 6.14. The molecular weight excluding hydrogens is 316 g/mol. The second-order valence-corrected chi connectivity index (χ2v) is 6.87. The summed E-state index contributed by atoms with van der Waals surface area (Å²) in [5.74, 6) is 0.810. The molecule has 6 heteroatoms. The van der Waals surface area contributed by atoms with Gasteiger partial charge in [0, 0.05) is 30.6 Å². The number of nitrogens with zero attached hydrogens (tertiary/aromatic N) is 3. The van der Waals surface area contributed by atoms with Crippen molar-refractivity contribution >= 4 is 5.91 Å². The summed E-state index contributed by atoms with van der Waals surface area (Å²) in [5, 5.41) is 3.18. The van der Waals surface area contributed by atoms with Crippen LogP contribution in [-0.2, 0) is 11.8 Å². The minimum atomic E-state index is -0.0456. The number of likely N-dealkylation sites (tertiary alicyclic amines) is 1. The highest BCUT2D eigenvalue weighted by Crippen LogP contribution is 2.21. The number of ether oxygens (including phenoxy) is 1. The van der Waals surface area contributed by atoms with Gasteiger partial charge in [0.05, 0.1) is 25.3 Å². The maximum atomic E-state index is 12.8. The van der Waals surface area contributed by atoms with Gasteiger partial charge in [-0.1, -0.05) is 12.1 Å². The molecule has 2 atom stereocenters. The molecule has 0 saturated carbocycles. The van der Waals surface area contributed by atoms with Crippen molar-refractivity contribution in [2.75, 3.05) is 26.3 Å². The highest BCUT2D eigenvalue weighted by molar-refractivity contribution is 5.95. The number of amides is 1. The van der Waals surface area contributed by atoms with Crippen molar-refractivity contribution in [1.29, 1.82) is 0 Å². The summed E-state index contributed by atoms with van der Waals surface area (Å²) in [6.45, 7) is 3.51. The first-order valence-electron chi connectivity index (χ1n) is 8.93. The lowest BCUT2D eigenvalue weighted by atomic mass is 10.1. The molecule has 0 radical (unpaired) electrons. The van der Waals surface area contributed by atoms with E-state index in [4.69, 9.17) is 4.74 Å². The lowest BCUT2D eigenvalue weighted by molar-refractivity contribution is 0.0916. The van der Waals surface area contributed by atoms with Crippen LogP contribution in [0.1, 0.15) is 23.2 Å². The van der Waals surface area contributed by atoms with E-state index in [2.05, 4.69) is 15.2 Å². The number of aryl methyl sites for hydroxylation is 1. The standard InChI is InChI=1S/C19H24N4O2/c1-22-10-7-20-18(22)14-5-4-6-15(11-14)19(24)21-16-12-25-13-17(16)23-8-2-3-9-23/h4-7,10-11,16-17H,2-3,8-9,12-13H2,1H3,(H,21,24). The van der Waals surface area contributed by atoms with E-state index in [1.165, 1.54) is 12.8 Å². The predicted molar refractivity (Wildman–Crippen MR) is 95.3 cm³/mol. The quantitative estimate of drug-likeness (QED) is 0.920. The topological polar surface area (TPSA) is 59.4 Å². The third kappa shape index (κ3) is 3.32. The third-order valence-electron chi connectivity index (χ3n) is 5.18. The lowest BCUT2D eigenvalue weighted by Gasteiger charge is -2.27. The van der Waals surface area contributed by atoms with E-state index in [1.54, 1.807) is 6.20 Å². The molecule has 4 rings (SSSR count). The zero-order valence-electron chi connectivity index (χ0n) is 14.5. The Bertz CT molecular complexity index is 751. The van der Waals surface area contributed by atoms with E-state index >= 15 is 0 Å². The average Bonchev–Trinajstić information content (AvgIpc) is 3.35. The minimum absolute atomic E-state index is 0.0456. The second kappa shape index (κ2) is 6.98. The highest BCUT2D eigenvalue weighted by Gasteiger charge is 2.35. The molecule has 132 valence electrons. The highest BCUT2D eigenvalue weighted by atomic mass is 16.5. The number of hydrogen-bond acceptors (Lipinski definition) is 4. The van der Waals surface area contributed by atoms with E-state index in [-0.39, 0.29) is 11.9 Å². The second-order valence-electron chi connectivity index (χ2n) is 6.87. The molecule has 2 aromatic rings. The minimum Gasteiger partial charge on any atom is -0.378 e. The number of benzene rings is 1. The summed E-state index contributed by atoms with van der Waals surface area (Å²) in [4.78, 5) is 19.6. The molecule has 6 nitrogen and oxygen atoms in total. The van der Waals surface area contributed by atoms with Crippen LogP contribution in [0.5, 0.6) is 0 Å². The summed E-state index contributed by atoms with van der Waals surface area (Å²) in [7, 11) is 1.95. The Balaban J connectivity index is 1.48. The normalized spacial score (nSPS) is 23.9. The molecule has 2 unspecified atom stereocenters. The molecule has 0 bridgehead atoms. The van der Waals surface area contributed by atoms with Gasteiger partial charge < -0.3 is 14.6 Å². The van der Waals surface area contributed by atoms with Crippen molar-refractivity contribution in [2.45, 2.75) is 24.9 Å².